The number of fused-ring (bicyclic) bond motifs is 2. The molecule has 2 atom stereocenters. The number of aromatic hydroxyl groups is 1. The number of piperazine rings is 1. The van der Waals surface area contributed by atoms with E-state index in [1.54, 1.807) is 18.3 Å². The summed E-state index contributed by atoms with van der Waals surface area (Å²) < 4.78 is 0. The molecule has 0 amide bonds. The Bertz CT molecular complexity index is 897. The fourth-order valence-electron chi connectivity index (χ4n) is 4.12. The van der Waals surface area contributed by atoms with Crippen molar-refractivity contribution >= 4 is 11.5 Å². The molecule has 3 saturated heterocycles. The number of para-hydroxylation sites is 1. The average Bonchev–Trinajstić information content (AvgIpc) is 2.68. The lowest BCUT2D eigenvalue weighted by atomic mass is 9.86. The summed E-state index contributed by atoms with van der Waals surface area (Å²) >= 11 is 0. The smallest absolute Gasteiger partial charge is 0.169 e. The molecule has 27 heavy (non-hydrogen) atoms. The standard InChI is InChI=1S/C20H24N6O/c1-2-13(7-8-21)26-14-9-15(26)12-25(11-14)18-10-17(23-24-20(18)22)16-5-3-4-6-19(16)27/h2-8,10,14-15,27H,9,11-12,21H2,1H3,(H2,22,24)/b8-7-,13-2+. The third kappa shape index (κ3) is 2.95. The molecule has 4 heterocycles. The number of nitrogens with zero attached hydrogens (tertiary/aromatic N) is 4. The first-order chi connectivity index (χ1) is 13.1. The first-order valence-electron chi connectivity index (χ1n) is 9.11. The van der Waals surface area contributed by atoms with Crippen molar-refractivity contribution in [2.24, 2.45) is 5.73 Å². The highest BCUT2D eigenvalue weighted by molar-refractivity contribution is 5.74. The molecule has 3 aliphatic heterocycles. The van der Waals surface area contributed by atoms with Crippen LogP contribution in [0, 0.1) is 0 Å². The maximum Gasteiger partial charge on any atom is 0.169 e. The Morgan fingerprint density at radius 2 is 1.96 bits per heavy atom. The molecule has 7 nitrogen and oxygen atoms in total. The number of phenolic OH excluding ortho intramolecular Hbond substituents is 1. The molecule has 7 heteroatoms. The van der Waals surface area contributed by atoms with Crippen molar-refractivity contribution in [3.63, 3.8) is 0 Å². The zero-order valence-corrected chi connectivity index (χ0v) is 15.3. The Hall–Kier alpha value is -3.22. The first-order valence-corrected chi connectivity index (χ1v) is 9.11. The molecule has 1 aromatic carbocycles. The van der Waals surface area contributed by atoms with E-state index in [0.717, 1.165) is 30.9 Å². The van der Waals surface area contributed by atoms with E-state index in [4.69, 9.17) is 11.5 Å². The van der Waals surface area contributed by atoms with E-state index < -0.39 is 0 Å². The molecule has 0 aliphatic carbocycles. The Labute approximate surface area is 158 Å². The van der Waals surface area contributed by atoms with Crippen LogP contribution < -0.4 is 16.4 Å². The van der Waals surface area contributed by atoms with Gasteiger partial charge < -0.3 is 26.4 Å². The van der Waals surface area contributed by atoms with Gasteiger partial charge in [-0.3, -0.25) is 0 Å². The van der Waals surface area contributed by atoms with Gasteiger partial charge in [0.05, 0.1) is 11.4 Å². The van der Waals surface area contributed by atoms with Gasteiger partial charge in [-0.2, -0.15) is 0 Å². The van der Waals surface area contributed by atoms with Crippen LogP contribution in [0.25, 0.3) is 11.3 Å². The summed E-state index contributed by atoms with van der Waals surface area (Å²) in [5.41, 5.74) is 15.0. The quantitative estimate of drug-likeness (QED) is 0.713. The molecule has 5 N–H and O–H groups in total. The Morgan fingerprint density at radius 1 is 1.22 bits per heavy atom. The van der Waals surface area contributed by atoms with Gasteiger partial charge in [0.15, 0.2) is 5.82 Å². The van der Waals surface area contributed by atoms with E-state index in [1.807, 2.05) is 31.2 Å². The summed E-state index contributed by atoms with van der Waals surface area (Å²) in [4.78, 5) is 4.69. The lowest BCUT2D eigenvalue weighted by Gasteiger charge is -2.58. The molecule has 1 aromatic heterocycles. The molecule has 0 radical (unpaired) electrons. The average molecular weight is 364 g/mol. The second-order valence-electron chi connectivity index (χ2n) is 6.95. The number of piperidine rings is 1. The monoisotopic (exact) mass is 364 g/mol. The third-order valence-electron chi connectivity index (χ3n) is 5.38. The lowest BCUT2D eigenvalue weighted by molar-refractivity contribution is 0.0388. The van der Waals surface area contributed by atoms with E-state index >= 15 is 0 Å². The third-order valence-corrected chi connectivity index (χ3v) is 5.38. The van der Waals surface area contributed by atoms with Gasteiger partial charge in [-0.05, 0) is 43.8 Å². The molecule has 5 rings (SSSR count). The Balaban J connectivity index is 1.59. The number of benzene rings is 1. The van der Waals surface area contributed by atoms with Crippen molar-refractivity contribution < 1.29 is 5.11 Å². The second-order valence-corrected chi connectivity index (χ2v) is 6.95. The molecular formula is C20H24N6O. The summed E-state index contributed by atoms with van der Waals surface area (Å²) in [5, 5.41) is 18.4. The number of nitrogen functional groups attached to an aromatic ring is 1. The zero-order chi connectivity index (χ0) is 19.0. The predicted molar refractivity (Wildman–Crippen MR) is 107 cm³/mol. The minimum Gasteiger partial charge on any atom is -0.507 e. The van der Waals surface area contributed by atoms with Crippen molar-refractivity contribution in [2.75, 3.05) is 23.7 Å². The molecule has 2 bridgehead atoms. The van der Waals surface area contributed by atoms with Crippen LogP contribution in [-0.2, 0) is 0 Å². The van der Waals surface area contributed by atoms with E-state index in [2.05, 4.69) is 26.1 Å². The van der Waals surface area contributed by atoms with Gasteiger partial charge in [0.25, 0.3) is 0 Å². The Kier molecular flexibility index (Phi) is 4.35. The number of hydrogen-bond acceptors (Lipinski definition) is 7. The van der Waals surface area contributed by atoms with Gasteiger partial charge in [0.1, 0.15) is 5.75 Å². The molecular weight excluding hydrogens is 340 g/mol. The number of aromatic nitrogens is 2. The second kappa shape index (κ2) is 6.83. The van der Waals surface area contributed by atoms with Crippen LogP contribution in [0.2, 0.25) is 0 Å². The van der Waals surface area contributed by atoms with Gasteiger partial charge in [0, 0.05) is 36.4 Å². The van der Waals surface area contributed by atoms with Crippen LogP contribution in [0.1, 0.15) is 13.3 Å². The number of anilines is 2. The largest absolute Gasteiger partial charge is 0.507 e. The van der Waals surface area contributed by atoms with Crippen LogP contribution >= 0.6 is 0 Å². The van der Waals surface area contributed by atoms with E-state index in [1.165, 1.54) is 0 Å². The number of allylic oxidation sites excluding steroid dienone is 2. The molecule has 0 spiro atoms. The van der Waals surface area contributed by atoms with Crippen LogP contribution in [0.5, 0.6) is 5.75 Å². The highest BCUT2D eigenvalue weighted by Gasteiger charge is 2.45. The summed E-state index contributed by atoms with van der Waals surface area (Å²) in [6.45, 7) is 3.76. The van der Waals surface area contributed by atoms with Gasteiger partial charge in [-0.15, -0.1) is 10.2 Å². The minimum atomic E-state index is 0.182. The van der Waals surface area contributed by atoms with Crippen molar-refractivity contribution in [1.82, 2.24) is 15.1 Å². The zero-order valence-electron chi connectivity index (χ0n) is 15.3. The number of phenols is 1. The number of hydrogen-bond donors (Lipinski definition) is 3. The van der Waals surface area contributed by atoms with E-state index in [0.29, 0.717) is 29.2 Å². The minimum absolute atomic E-state index is 0.182. The fourth-order valence-corrected chi connectivity index (χ4v) is 4.12. The normalized spacial score (nSPS) is 22.2. The van der Waals surface area contributed by atoms with Crippen molar-refractivity contribution in [3.05, 3.63) is 54.4 Å². The molecule has 3 fully saturated rings. The van der Waals surface area contributed by atoms with Gasteiger partial charge in [-0.1, -0.05) is 18.2 Å². The molecule has 2 aromatic rings. The van der Waals surface area contributed by atoms with Crippen LogP contribution in [0.4, 0.5) is 11.5 Å². The van der Waals surface area contributed by atoms with Gasteiger partial charge >= 0.3 is 0 Å². The van der Waals surface area contributed by atoms with Gasteiger partial charge in [-0.25, -0.2) is 0 Å². The maximum atomic E-state index is 10.1. The topological polar surface area (TPSA) is 105 Å². The van der Waals surface area contributed by atoms with Crippen LogP contribution in [0.3, 0.4) is 0 Å². The molecule has 3 aliphatic rings. The van der Waals surface area contributed by atoms with Crippen molar-refractivity contribution in [3.8, 4) is 17.0 Å². The predicted octanol–water partition coefficient (Wildman–Crippen LogP) is 2.07. The highest BCUT2D eigenvalue weighted by Crippen LogP contribution is 2.40. The molecule has 140 valence electrons. The Morgan fingerprint density at radius 3 is 2.63 bits per heavy atom. The van der Waals surface area contributed by atoms with Gasteiger partial charge in [0.2, 0.25) is 0 Å². The van der Waals surface area contributed by atoms with E-state index in [-0.39, 0.29) is 5.75 Å². The maximum absolute atomic E-state index is 10.1. The summed E-state index contributed by atoms with van der Waals surface area (Å²) in [6, 6.07) is 9.88. The SMILES string of the molecule is C/C=C(\C=C/N)N1C2CC1CN(c1cc(-c3ccccc3O)nnc1N)C2. The van der Waals surface area contributed by atoms with E-state index in [9.17, 15) is 5.11 Å². The fraction of sp³-hybridized carbons (Fsp3) is 0.300. The number of rotatable bonds is 4. The highest BCUT2D eigenvalue weighted by atomic mass is 16.3. The summed E-state index contributed by atoms with van der Waals surface area (Å²) in [6.07, 6.45) is 6.80. The van der Waals surface area contributed by atoms with Crippen molar-refractivity contribution in [2.45, 2.75) is 25.4 Å². The summed E-state index contributed by atoms with van der Waals surface area (Å²) in [5.74, 6) is 0.594. The van der Waals surface area contributed by atoms with Crippen molar-refractivity contribution in [1.29, 1.82) is 0 Å². The summed E-state index contributed by atoms with van der Waals surface area (Å²) in [7, 11) is 0. The van der Waals surface area contributed by atoms with Crippen LogP contribution in [-0.4, -0.2) is 45.4 Å². The van der Waals surface area contributed by atoms with Crippen LogP contribution in [0.15, 0.2) is 54.4 Å². The molecule has 2 unspecified atom stereocenters. The first kappa shape index (κ1) is 17.2. The number of nitrogens with two attached hydrogens (primary N) is 2. The lowest BCUT2D eigenvalue weighted by Crippen LogP contribution is -2.68. The molecule has 0 saturated carbocycles.